The molecule has 0 saturated carbocycles. The monoisotopic (exact) mass is 716 g/mol. The molecule has 8 amide bonds. The predicted octanol–water partition coefficient (Wildman–Crippen LogP) is -3.71. The fourth-order valence-corrected chi connectivity index (χ4v) is 4.58. The largest absolute Gasteiger partial charge is 0.481 e. The summed E-state index contributed by atoms with van der Waals surface area (Å²) < 4.78 is 0. The van der Waals surface area contributed by atoms with Crippen molar-refractivity contribution >= 4 is 53.2 Å². The summed E-state index contributed by atoms with van der Waals surface area (Å²) in [5.74, 6) is -6.59. The molecule has 1 heterocycles. The maximum absolute atomic E-state index is 12.9. The molecule has 1 aromatic carbocycles. The van der Waals surface area contributed by atoms with Crippen LogP contribution in [-0.2, 0) is 49.6 Å². The maximum Gasteiger partial charge on any atom is 0.305 e. The summed E-state index contributed by atoms with van der Waals surface area (Å²) in [5, 5.41) is 32.5. The summed E-state index contributed by atoms with van der Waals surface area (Å²) in [7, 11) is 0. The topological polar surface area (TPSA) is 296 Å². The number of rotatable bonds is 23. The van der Waals surface area contributed by atoms with Crippen LogP contribution < -0.4 is 37.6 Å². The van der Waals surface area contributed by atoms with Gasteiger partial charge in [0.15, 0.2) is 0 Å². The van der Waals surface area contributed by atoms with Crippen molar-refractivity contribution in [2.24, 2.45) is 5.73 Å². The number of nitrogens with zero attached hydrogens (tertiary/aromatic N) is 1. The molecule has 19 nitrogen and oxygen atoms in total. The van der Waals surface area contributed by atoms with Crippen molar-refractivity contribution in [2.45, 2.75) is 63.3 Å². The third kappa shape index (κ3) is 17.0. The number of carboxylic acid groups (broad SMARTS) is 1. The van der Waals surface area contributed by atoms with Crippen LogP contribution in [0.15, 0.2) is 42.5 Å². The number of aliphatic hydroxyl groups is 1. The van der Waals surface area contributed by atoms with Crippen LogP contribution >= 0.6 is 0 Å². The average Bonchev–Trinajstić information content (AvgIpc) is 3.40. The zero-order chi connectivity index (χ0) is 37.8. The molecule has 3 atom stereocenters. The second-order valence-corrected chi connectivity index (χ2v) is 11.4. The van der Waals surface area contributed by atoms with E-state index in [1.165, 1.54) is 12.2 Å². The van der Waals surface area contributed by atoms with Gasteiger partial charge in [0.2, 0.25) is 35.4 Å². The van der Waals surface area contributed by atoms with Gasteiger partial charge in [-0.05, 0) is 18.4 Å². The van der Waals surface area contributed by atoms with Gasteiger partial charge >= 0.3 is 5.97 Å². The number of aliphatic hydroxyl groups excluding tert-OH is 1. The number of carbonyl (C=O) groups excluding carboxylic acids is 8. The molecule has 2 unspecified atom stereocenters. The number of carboxylic acids is 1. The van der Waals surface area contributed by atoms with Crippen molar-refractivity contribution in [1.82, 2.24) is 36.8 Å². The minimum atomic E-state index is -1.50. The molecule has 0 aromatic heterocycles. The number of aliphatic carboxylic acids is 1. The van der Waals surface area contributed by atoms with E-state index in [1.807, 2.05) is 0 Å². The normalized spacial score (nSPS) is 13.8. The first-order valence-electron chi connectivity index (χ1n) is 16.2. The number of carbonyl (C=O) groups is 9. The summed E-state index contributed by atoms with van der Waals surface area (Å²) >= 11 is 0. The molecule has 2 rings (SSSR count). The Hall–Kier alpha value is -5.69. The van der Waals surface area contributed by atoms with Crippen LogP contribution in [0.4, 0.5) is 0 Å². The average molecular weight is 717 g/mol. The van der Waals surface area contributed by atoms with Gasteiger partial charge in [-0.2, -0.15) is 0 Å². The Bertz CT molecular complexity index is 1430. The lowest BCUT2D eigenvalue weighted by atomic mass is 10.1. The van der Waals surface area contributed by atoms with Gasteiger partial charge in [0.25, 0.3) is 11.8 Å². The molecule has 51 heavy (non-hydrogen) atoms. The van der Waals surface area contributed by atoms with Crippen molar-refractivity contribution in [3.8, 4) is 0 Å². The van der Waals surface area contributed by atoms with Crippen LogP contribution in [0.5, 0.6) is 0 Å². The number of hydrogen-bond donors (Lipinski definition) is 9. The molecule has 1 aliphatic rings. The molecule has 19 heteroatoms. The van der Waals surface area contributed by atoms with Crippen LogP contribution in [0.3, 0.4) is 0 Å². The van der Waals surface area contributed by atoms with Crippen molar-refractivity contribution in [2.75, 3.05) is 32.7 Å². The van der Waals surface area contributed by atoms with Crippen molar-refractivity contribution in [3.63, 3.8) is 0 Å². The summed E-state index contributed by atoms with van der Waals surface area (Å²) in [6, 6.07) is 6.06. The third-order valence-electron chi connectivity index (χ3n) is 7.21. The molecular formula is C32H44N8O11. The number of nitrogens with two attached hydrogens (primary N) is 1. The number of imide groups is 1. The molecule has 1 aromatic rings. The molecule has 10 N–H and O–H groups in total. The van der Waals surface area contributed by atoms with Gasteiger partial charge in [0.05, 0.1) is 26.1 Å². The van der Waals surface area contributed by atoms with E-state index in [4.69, 9.17) is 10.8 Å². The molecule has 0 aliphatic carbocycles. The van der Waals surface area contributed by atoms with Crippen molar-refractivity contribution in [3.05, 3.63) is 48.0 Å². The lowest BCUT2D eigenvalue weighted by Crippen LogP contribution is -2.53. The molecular weight excluding hydrogens is 672 g/mol. The number of benzene rings is 1. The first kappa shape index (κ1) is 41.5. The number of amides is 8. The summed E-state index contributed by atoms with van der Waals surface area (Å²) in [4.78, 5) is 110. The van der Waals surface area contributed by atoms with E-state index >= 15 is 0 Å². The SMILES string of the molecule is NC(O)CCNC(=O)CNC(=O)[C@H](Cc1ccccc1)NC(=O)CNC(=O)CNC(=O)C(CC(=O)O)NC(=O)CCCCCN1C(=O)C=CC1=O. The van der Waals surface area contributed by atoms with Gasteiger partial charge in [0, 0.05) is 44.5 Å². The van der Waals surface area contributed by atoms with Crippen LogP contribution in [0.25, 0.3) is 0 Å². The maximum atomic E-state index is 12.9. The lowest BCUT2D eigenvalue weighted by Gasteiger charge is -2.19. The standard InChI is InChI=1S/C32H44N8O11/c33-23(41)12-13-34-25(43)17-36-31(50)21(15-20-7-3-1-4-8-20)39-27(45)19-35-26(44)18-37-32(51)22(16-30(48)49)38-24(42)9-5-2-6-14-40-28(46)10-11-29(40)47/h1,3-4,7-8,10-11,21-23,41H,2,5-6,9,12-19,33H2,(H,34,43)(H,35,44)(H,36,50)(H,37,51)(H,38,42)(H,39,45)(H,48,49)/t21-,22?,23?/m0/s1. The number of unbranched alkanes of at least 4 members (excludes halogenated alkanes) is 2. The lowest BCUT2D eigenvalue weighted by molar-refractivity contribution is -0.141. The Balaban J connectivity index is 1.79. The van der Waals surface area contributed by atoms with Crippen molar-refractivity contribution < 1.29 is 53.4 Å². The van der Waals surface area contributed by atoms with Crippen LogP contribution in [0.1, 0.15) is 44.1 Å². The second kappa shape index (κ2) is 22.1. The number of hydrogen-bond acceptors (Lipinski definition) is 11. The van der Waals surface area contributed by atoms with Gasteiger partial charge in [-0.15, -0.1) is 0 Å². The van der Waals surface area contributed by atoms with Gasteiger partial charge < -0.3 is 47.8 Å². The van der Waals surface area contributed by atoms with Crippen LogP contribution in [0, 0.1) is 0 Å². The van der Waals surface area contributed by atoms with Crippen LogP contribution in [0.2, 0.25) is 0 Å². The first-order chi connectivity index (χ1) is 24.2. The highest BCUT2D eigenvalue weighted by Gasteiger charge is 2.26. The fourth-order valence-electron chi connectivity index (χ4n) is 4.58. The van der Waals surface area contributed by atoms with E-state index in [-0.39, 0.29) is 32.4 Å². The smallest absolute Gasteiger partial charge is 0.305 e. The van der Waals surface area contributed by atoms with E-state index in [0.29, 0.717) is 24.8 Å². The van der Waals surface area contributed by atoms with E-state index in [9.17, 15) is 48.3 Å². The Morgan fingerprint density at radius 3 is 1.88 bits per heavy atom. The number of nitrogens with one attached hydrogen (secondary N) is 6. The molecule has 1 aliphatic heterocycles. The zero-order valence-electron chi connectivity index (χ0n) is 27.9. The van der Waals surface area contributed by atoms with Gasteiger partial charge in [-0.25, -0.2) is 0 Å². The Morgan fingerprint density at radius 2 is 1.27 bits per heavy atom. The van der Waals surface area contributed by atoms with Gasteiger partial charge in [-0.1, -0.05) is 36.8 Å². The summed E-state index contributed by atoms with van der Waals surface area (Å²) in [6.07, 6.45) is 1.83. The molecule has 0 spiro atoms. The highest BCUT2D eigenvalue weighted by Crippen LogP contribution is 2.08. The summed E-state index contributed by atoms with van der Waals surface area (Å²) in [5.41, 5.74) is 5.91. The first-order valence-corrected chi connectivity index (χ1v) is 16.2. The van der Waals surface area contributed by atoms with E-state index < -0.39 is 97.6 Å². The molecule has 0 bridgehead atoms. The Labute approximate surface area is 293 Å². The summed E-state index contributed by atoms with van der Waals surface area (Å²) in [6.45, 7) is -1.40. The zero-order valence-corrected chi connectivity index (χ0v) is 27.9. The van der Waals surface area contributed by atoms with Gasteiger partial charge in [0.1, 0.15) is 18.3 Å². The quantitative estimate of drug-likeness (QED) is 0.0300. The molecule has 0 saturated heterocycles. The van der Waals surface area contributed by atoms with E-state index in [0.717, 1.165) is 4.90 Å². The highest BCUT2D eigenvalue weighted by atomic mass is 16.4. The minimum Gasteiger partial charge on any atom is -0.481 e. The van der Waals surface area contributed by atoms with E-state index in [2.05, 4.69) is 31.9 Å². The minimum absolute atomic E-state index is 0.0540. The highest BCUT2D eigenvalue weighted by molar-refractivity contribution is 6.12. The van der Waals surface area contributed by atoms with Crippen LogP contribution in [-0.4, -0.2) is 119 Å². The molecule has 0 fully saturated rings. The van der Waals surface area contributed by atoms with E-state index in [1.54, 1.807) is 30.3 Å². The molecule has 278 valence electrons. The second-order valence-electron chi connectivity index (χ2n) is 11.4. The van der Waals surface area contributed by atoms with Crippen molar-refractivity contribution in [1.29, 1.82) is 0 Å². The fraction of sp³-hybridized carbons (Fsp3) is 0.469. The Morgan fingerprint density at radius 1 is 0.706 bits per heavy atom. The predicted molar refractivity (Wildman–Crippen MR) is 177 cm³/mol. The molecule has 0 radical (unpaired) electrons. The van der Waals surface area contributed by atoms with Gasteiger partial charge in [-0.3, -0.25) is 48.1 Å². The Kier molecular flexibility index (Phi) is 18.0. The third-order valence-corrected chi connectivity index (χ3v) is 7.21.